The Kier molecular flexibility index (Phi) is 4.56. The van der Waals surface area contributed by atoms with E-state index in [-0.39, 0.29) is 11.9 Å². The largest absolute Gasteiger partial charge is 0.306 e. The van der Waals surface area contributed by atoms with Gasteiger partial charge in [0, 0.05) is 23.2 Å². The summed E-state index contributed by atoms with van der Waals surface area (Å²) in [6, 6.07) is 13.1. The first-order valence-corrected chi connectivity index (χ1v) is 6.69. The topological polar surface area (TPSA) is 12.0 Å². The van der Waals surface area contributed by atoms with Gasteiger partial charge in [-0.2, -0.15) is 0 Å². The molecule has 0 saturated heterocycles. The lowest BCUT2D eigenvalue weighted by atomic mass is 10.0. The Morgan fingerprint density at radius 3 is 2.58 bits per heavy atom. The molecule has 1 nitrogen and oxygen atoms in total. The fourth-order valence-corrected chi connectivity index (χ4v) is 2.37. The zero-order valence-corrected chi connectivity index (χ0v) is 11.8. The quantitative estimate of drug-likeness (QED) is 0.858. The maximum atomic E-state index is 13.7. The van der Waals surface area contributed by atoms with Crippen molar-refractivity contribution in [3.05, 3.63) is 70.0 Å². The zero-order valence-electron chi connectivity index (χ0n) is 11.1. The molecule has 0 aliphatic rings. The summed E-state index contributed by atoms with van der Waals surface area (Å²) in [6.07, 6.45) is 0. The summed E-state index contributed by atoms with van der Waals surface area (Å²) in [5, 5.41) is 3.78. The van der Waals surface area contributed by atoms with Crippen molar-refractivity contribution in [2.75, 3.05) is 0 Å². The van der Waals surface area contributed by atoms with E-state index in [0.717, 1.165) is 0 Å². The molecule has 0 aromatic heterocycles. The predicted octanol–water partition coefficient (Wildman–Crippen LogP) is 4.64. The van der Waals surface area contributed by atoms with Gasteiger partial charge < -0.3 is 5.32 Å². The number of nitrogens with one attached hydrogen (secondary N) is 1. The van der Waals surface area contributed by atoms with Crippen molar-refractivity contribution < 1.29 is 4.39 Å². The highest BCUT2D eigenvalue weighted by Gasteiger charge is 2.10. The first-order valence-electron chi connectivity index (χ1n) is 6.31. The Hall–Kier alpha value is -1.38. The Balaban J connectivity index is 2.09. The molecule has 100 valence electrons. The molecule has 0 spiro atoms. The molecule has 0 aliphatic heterocycles. The maximum Gasteiger partial charge on any atom is 0.129 e. The second-order valence-corrected chi connectivity index (χ2v) is 5.07. The van der Waals surface area contributed by atoms with E-state index in [1.807, 2.05) is 12.1 Å². The minimum Gasteiger partial charge on any atom is -0.306 e. The van der Waals surface area contributed by atoms with Crippen LogP contribution in [0.2, 0.25) is 5.02 Å². The molecule has 0 heterocycles. The minimum absolute atomic E-state index is 0.150. The van der Waals surface area contributed by atoms with Crippen LogP contribution < -0.4 is 5.32 Å². The van der Waals surface area contributed by atoms with Crippen LogP contribution >= 0.6 is 11.6 Å². The van der Waals surface area contributed by atoms with E-state index in [0.29, 0.717) is 17.1 Å². The number of halogens is 2. The van der Waals surface area contributed by atoms with Gasteiger partial charge in [-0.3, -0.25) is 0 Å². The van der Waals surface area contributed by atoms with Crippen LogP contribution in [0.1, 0.15) is 29.7 Å². The van der Waals surface area contributed by atoms with Crippen molar-refractivity contribution in [2.24, 2.45) is 0 Å². The smallest absolute Gasteiger partial charge is 0.129 e. The number of benzene rings is 2. The van der Waals surface area contributed by atoms with Crippen LogP contribution in [0.3, 0.4) is 0 Å². The number of hydrogen-bond donors (Lipinski definition) is 1. The second-order valence-electron chi connectivity index (χ2n) is 4.66. The Morgan fingerprint density at radius 1 is 1.16 bits per heavy atom. The van der Waals surface area contributed by atoms with Crippen LogP contribution in [0, 0.1) is 12.7 Å². The van der Waals surface area contributed by atoms with Gasteiger partial charge in [-0.15, -0.1) is 0 Å². The minimum atomic E-state index is -0.267. The number of hydrogen-bond acceptors (Lipinski definition) is 1. The van der Waals surface area contributed by atoms with Gasteiger partial charge in [0.1, 0.15) is 5.82 Å². The van der Waals surface area contributed by atoms with Crippen molar-refractivity contribution in [3.8, 4) is 0 Å². The molecule has 0 fully saturated rings. The van der Waals surface area contributed by atoms with E-state index >= 15 is 0 Å². The molecule has 0 unspecified atom stereocenters. The molecule has 1 N–H and O–H groups in total. The Morgan fingerprint density at radius 2 is 1.89 bits per heavy atom. The van der Waals surface area contributed by atoms with Gasteiger partial charge in [0.2, 0.25) is 0 Å². The first kappa shape index (κ1) is 14.0. The predicted molar refractivity (Wildman–Crippen MR) is 77.8 cm³/mol. The van der Waals surface area contributed by atoms with Crippen LogP contribution in [0.5, 0.6) is 0 Å². The van der Waals surface area contributed by atoms with E-state index in [4.69, 9.17) is 11.6 Å². The lowest BCUT2D eigenvalue weighted by Gasteiger charge is -2.17. The van der Waals surface area contributed by atoms with Crippen molar-refractivity contribution in [2.45, 2.75) is 26.4 Å². The summed E-state index contributed by atoms with van der Waals surface area (Å²) in [5.74, 6) is -0.267. The zero-order chi connectivity index (χ0) is 13.8. The van der Waals surface area contributed by atoms with Crippen LogP contribution in [0.25, 0.3) is 0 Å². The highest BCUT2D eigenvalue weighted by atomic mass is 35.5. The van der Waals surface area contributed by atoms with Crippen molar-refractivity contribution >= 4 is 11.6 Å². The first-order chi connectivity index (χ1) is 9.09. The maximum absolute atomic E-state index is 13.7. The average Bonchev–Trinajstić information content (AvgIpc) is 2.38. The Labute approximate surface area is 118 Å². The summed E-state index contributed by atoms with van der Waals surface area (Å²) >= 11 is 6.01. The van der Waals surface area contributed by atoms with Gasteiger partial charge in [-0.05, 0) is 37.1 Å². The molecule has 3 heteroatoms. The summed E-state index contributed by atoms with van der Waals surface area (Å²) in [5.41, 5.74) is 2.96. The third kappa shape index (κ3) is 3.34. The van der Waals surface area contributed by atoms with Crippen molar-refractivity contribution in [1.29, 1.82) is 0 Å². The molecule has 2 aromatic carbocycles. The SMILES string of the molecule is Cc1ccccc1[C@H](C)NCc1c(F)cccc1Cl. The average molecular weight is 278 g/mol. The van der Waals surface area contributed by atoms with Gasteiger partial charge in [0.25, 0.3) is 0 Å². The van der Waals surface area contributed by atoms with Gasteiger partial charge >= 0.3 is 0 Å². The molecule has 0 aliphatic carbocycles. The number of aryl methyl sites for hydroxylation is 1. The van der Waals surface area contributed by atoms with Gasteiger partial charge in [0.15, 0.2) is 0 Å². The molecule has 2 rings (SSSR count). The van der Waals surface area contributed by atoms with Crippen LogP contribution in [0.15, 0.2) is 42.5 Å². The van der Waals surface area contributed by atoms with Gasteiger partial charge in [0.05, 0.1) is 0 Å². The standard InChI is InChI=1S/C16H17ClFN/c1-11-6-3-4-7-13(11)12(2)19-10-14-15(17)8-5-9-16(14)18/h3-9,12,19H,10H2,1-2H3/t12-/m0/s1. The molecule has 19 heavy (non-hydrogen) atoms. The van der Waals surface area contributed by atoms with E-state index in [1.54, 1.807) is 12.1 Å². The van der Waals surface area contributed by atoms with Crippen molar-refractivity contribution in [3.63, 3.8) is 0 Å². The molecule has 2 aromatic rings. The molecule has 0 radical (unpaired) electrons. The third-order valence-corrected chi connectivity index (χ3v) is 3.66. The second kappa shape index (κ2) is 6.18. The highest BCUT2D eigenvalue weighted by molar-refractivity contribution is 6.31. The molecule has 1 atom stereocenters. The normalized spacial score (nSPS) is 12.4. The van der Waals surface area contributed by atoms with Gasteiger partial charge in [-0.25, -0.2) is 4.39 Å². The fraction of sp³-hybridized carbons (Fsp3) is 0.250. The van der Waals surface area contributed by atoms with Crippen molar-refractivity contribution in [1.82, 2.24) is 5.32 Å². The molecular formula is C16H17ClFN. The summed E-state index contributed by atoms with van der Waals surface area (Å²) in [6.45, 7) is 4.56. The van der Waals surface area contributed by atoms with E-state index in [9.17, 15) is 4.39 Å². The van der Waals surface area contributed by atoms with E-state index in [2.05, 4.69) is 31.3 Å². The lowest BCUT2D eigenvalue weighted by Crippen LogP contribution is -2.19. The highest BCUT2D eigenvalue weighted by Crippen LogP contribution is 2.21. The van der Waals surface area contributed by atoms with E-state index in [1.165, 1.54) is 17.2 Å². The van der Waals surface area contributed by atoms with Crippen LogP contribution in [-0.4, -0.2) is 0 Å². The summed E-state index contributed by atoms with van der Waals surface area (Å²) < 4.78 is 13.7. The molecular weight excluding hydrogens is 261 g/mol. The van der Waals surface area contributed by atoms with Crippen LogP contribution in [0.4, 0.5) is 4.39 Å². The summed E-state index contributed by atoms with van der Waals surface area (Å²) in [7, 11) is 0. The van der Waals surface area contributed by atoms with Gasteiger partial charge in [-0.1, -0.05) is 41.9 Å². The Bertz CT molecular complexity index is 548. The fourth-order valence-electron chi connectivity index (χ4n) is 2.14. The molecule has 0 amide bonds. The van der Waals surface area contributed by atoms with E-state index < -0.39 is 0 Å². The monoisotopic (exact) mass is 277 g/mol. The van der Waals surface area contributed by atoms with Crippen LogP contribution in [-0.2, 0) is 6.54 Å². The lowest BCUT2D eigenvalue weighted by molar-refractivity contribution is 0.543. The molecule has 0 saturated carbocycles. The molecule has 0 bridgehead atoms. The summed E-state index contributed by atoms with van der Waals surface area (Å²) in [4.78, 5) is 0. The number of rotatable bonds is 4. The third-order valence-electron chi connectivity index (χ3n) is 3.30.